The summed E-state index contributed by atoms with van der Waals surface area (Å²) in [6.45, 7) is 1.59. The minimum absolute atomic E-state index is 0.190. The summed E-state index contributed by atoms with van der Waals surface area (Å²) in [4.78, 5) is 24.9. The van der Waals surface area contributed by atoms with E-state index in [1.165, 1.54) is 36.4 Å². The number of hydrogen-bond acceptors (Lipinski definition) is 4. The van der Waals surface area contributed by atoms with Crippen LogP contribution in [-0.4, -0.2) is 55.4 Å². The summed E-state index contributed by atoms with van der Waals surface area (Å²) in [7, 11) is 1.55. The lowest BCUT2D eigenvalue weighted by Gasteiger charge is -2.23. The highest BCUT2D eigenvalue weighted by Crippen LogP contribution is 2.11. The van der Waals surface area contributed by atoms with Gasteiger partial charge in [0, 0.05) is 20.2 Å². The summed E-state index contributed by atoms with van der Waals surface area (Å²) in [5.41, 5.74) is 0.974. The molecule has 150 valence electrons. The predicted octanol–water partition coefficient (Wildman–Crippen LogP) is 2.76. The zero-order valence-corrected chi connectivity index (χ0v) is 15.6. The van der Waals surface area contributed by atoms with E-state index in [0.29, 0.717) is 25.4 Å². The molecule has 0 aliphatic rings. The maximum Gasteiger partial charge on any atom is 0.335 e. The number of hydrogen-bond donors (Lipinski definition) is 2. The number of amides is 2. The van der Waals surface area contributed by atoms with E-state index in [4.69, 9.17) is 14.6 Å². The van der Waals surface area contributed by atoms with Crippen LogP contribution in [0.1, 0.15) is 15.9 Å². The lowest BCUT2D eigenvalue weighted by atomic mass is 10.1. The largest absolute Gasteiger partial charge is 0.492 e. The van der Waals surface area contributed by atoms with E-state index in [1.54, 1.807) is 24.1 Å². The van der Waals surface area contributed by atoms with Gasteiger partial charge >= 0.3 is 12.0 Å². The second kappa shape index (κ2) is 10.9. The first-order valence-corrected chi connectivity index (χ1v) is 8.72. The van der Waals surface area contributed by atoms with E-state index >= 15 is 0 Å². The third-order valence-corrected chi connectivity index (χ3v) is 3.94. The Morgan fingerprint density at radius 3 is 2.29 bits per heavy atom. The molecule has 0 spiro atoms. The number of benzene rings is 2. The summed E-state index contributed by atoms with van der Waals surface area (Å²) in [5, 5.41) is 11.7. The van der Waals surface area contributed by atoms with Gasteiger partial charge in [-0.05, 0) is 42.0 Å². The monoisotopic (exact) mass is 390 g/mol. The molecule has 0 aliphatic heterocycles. The lowest BCUT2D eigenvalue weighted by Crippen LogP contribution is -2.43. The molecular weight excluding hydrogens is 367 g/mol. The van der Waals surface area contributed by atoms with Gasteiger partial charge in [0.05, 0.1) is 18.7 Å². The number of ether oxygens (including phenoxy) is 2. The van der Waals surface area contributed by atoms with Crippen molar-refractivity contribution in [3.63, 3.8) is 0 Å². The Morgan fingerprint density at radius 2 is 1.68 bits per heavy atom. The van der Waals surface area contributed by atoms with Gasteiger partial charge in [0.2, 0.25) is 0 Å². The molecule has 2 rings (SSSR count). The van der Waals surface area contributed by atoms with Crippen LogP contribution in [0.4, 0.5) is 9.18 Å². The molecule has 0 bridgehead atoms. The van der Waals surface area contributed by atoms with Gasteiger partial charge in [0.1, 0.15) is 18.2 Å². The van der Waals surface area contributed by atoms with E-state index in [2.05, 4.69) is 5.32 Å². The fourth-order valence-electron chi connectivity index (χ4n) is 2.38. The van der Waals surface area contributed by atoms with Crippen LogP contribution in [0.25, 0.3) is 0 Å². The van der Waals surface area contributed by atoms with Crippen molar-refractivity contribution in [1.29, 1.82) is 0 Å². The van der Waals surface area contributed by atoms with Crippen molar-refractivity contribution < 1.29 is 28.6 Å². The minimum atomic E-state index is -0.998. The third-order valence-electron chi connectivity index (χ3n) is 3.94. The normalized spacial score (nSPS) is 10.4. The van der Waals surface area contributed by atoms with Crippen LogP contribution < -0.4 is 10.1 Å². The highest BCUT2D eigenvalue weighted by atomic mass is 19.1. The molecule has 28 heavy (non-hydrogen) atoms. The van der Waals surface area contributed by atoms with Crippen molar-refractivity contribution in [3.8, 4) is 5.75 Å². The molecule has 0 aliphatic carbocycles. The fraction of sp³-hybridized carbons (Fsp3) is 0.300. The highest BCUT2D eigenvalue weighted by molar-refractivity contribution is 5.87. The molecule has 0 aromatic heterocycles. The van der Waals surface area contributed by atoms with Gasteiger partial charge in [-0.25, -0.2) is 14.0 Å². The number of urea groups is 1. The van der Waals surface area contributed by atoms with Crippen molar-refractivity contribution in [2.75, 3.05) is 33.4 Å². The second-order valence-electron chi connectivity index (χ2n) is 5.94. The van der Waals surface area contributed by atoms with Crippen molar-refractivity contribution in [2.45, 2.75) is 6.54 Å². The lowest BCUT2D eigenvalue weighted by molar-refractivity contribution is 0.0697. The van der Waals surface area contributed by atoms with Gasteiger partial charge in [-0.15, -0.1) is 0 Å². The number of nitrogens with one attached hydrogen (secondary N) is 1. The molecule has 0 atom stereocenters. The summed E-state index contributed by atoms with van der Waals surface area (Å²) in [5.74, 6) is -0.820. The van der Waals surface area contributed by atoms with E-state index in [9.17, 15) is 14.0 Å². The average Bonchev–Trinajstić information content (AvgIpc) is 2.70. The van der Waals surface area contributed by atoms with Crippen molar-refractivity contribution in [3.05, 3.63) is 65.5 Å². The molecule has 0 fully saturated rings. The maximum absolute atomic E-state index is 12.9. The Balaban J connectivity index is 1.84. The van der Waals surface area contributed by atoms with Crippen LogP contribution in [0.5, 0.6) is 5.75 Å². The predicted molar refractivity (Wildman–Crippen MR) is 101 cm³/mol. The first-order valence-electron chi connectivity index (χ1n) is 8.72. The summed E-state index contributed by atoms with van der Waals surface area (Å²) in [6, 6.07) is 11.7. The molecule has 2 N–H and O–H groups in total. The molecule has 0 heterocycles. The molecule has 0 radical (unpaired) electrons. The topological polar surface area (TPSA) is 88.1 Å². The number of carboxylic acid groups (broad SMARTS) is 1. The zero-order valence-electron chi connectivity index (χ0n) is 15.6. The van der Waals surface area contributed by atoms with Gasteiger partial charge < -0.3 is 24.8 Å². The third kappa shape index (κ3) is 6.88. The Labute approximate surface area is 162 Å². The van der Waals surface area contributed by atoms with Crippen LogP contribution >= 0.6 is 0 Å². The highest BCUT2D eigenvalue weighted by Gasteiger charge is 2.13. The number of halogens is 1. The number of methoxy groups -OCH3 is 1. The molecule has 8 heteroatoms. The number of nitrogens with zero attached hydrogens (tertiary/aromatic N) is 1. The standard InChI is InChI=1S/C20H23FN2O5/c1-27-12-10-23(11-13-28-18-8-6-17(21)7-9-18)20(26)22-14-15-2-4-16(5-3-15)19(24)25/h2-9H,10-14H2,1H3,(H,22,26)(H,24,25). The van der Waals surface area contributed by atoms with E-state index in [0.717, 1.165) is 5.56 Å². The van der Waals surface area contributed by atoms with Crippen molar-refractivity contribution in [1.82, 2.24) is 10.2 Å². The number of rotatable bonds is 10. The summed E-state index contributed by atoms with van der Waals surface area (Å²) in [6.07, 6.45) is 0. The Hall–Kier alpha value is -3.13. The quantitative estimate of drug-likeness (QED) is 0.651. The molecule has 0 saturated carbocycles. The van der Waals surface area contributed by atoms with E-state index in [1.807, 2.05) is 0 Å². The van der Waals surface area contributed by atoms with E-state index in [-0.39, 0.29) is 30.6 Å². The van der Waals surface area contributed by atoms with E-state index < -0.39 is 5.97 Å². The first-order chi connectivity index (χ1) is 13.5. The van der Waals surface area contributed by atoms with Crippen molar-refractivity contribution >= 4 is 12.0 Å². The number of aromatic carboxylic acids is 1. The van der Waals surface area contributed by atoms with Gasteiger partial charge in [-0.1, -0.05) is 12.1 Å². The fourth-order valence-corrected chi connectivity index (χ4v) is 2.38. The molecular formula is C20H23FN2O5. The smallest absolute Gasteiger partial charge is 0.335 e. The molecule has 2 aromatic carbocycles. The van der Waals surface area contributed by atoms with Crippen LogP contribution in [0.3, 0.4) is 0 Å². The maximum atomic E-state index is 12.9. The minimum Gasteiger partial charge on any atom is -0.492 e. The summed E-state index contributed by atoms with van der Waals surface area (Å²) < 4.78 is 23.5. The second-order valence-corrected chi connectivity index (χ2v) is 5.94. The SMILES string of the molecule is COCCN(CCOc1ccc(F)cc1)C(=O)NCc1ccc(C(=O)O)cc1. The molecule has 7 nitrogen and oxygen atoms in total. The number of carbonyl (C=O) groups is 2. The number of carboxylic acids is 1. The summed E-state index contributed by atoms with van der Waals surface area (Å²) >= 11 is 0. The van der Waals surface area contributed by atoms with Crippen LogP contribution in [0.15, 0.2) is 48.5 Å². The average molecular weight is 390 g/mol. The Morgan fingerprint density at radius 1 is 1.04 bits per heavy atom. The van der Waals surface area contributed by atoms with Crippen LogP contribution in [0, 0.1) is 5.82 Å². The molecule has 2 aromatic rings. The van der Waals surface area contributed by atoms with Gasteiger partial charge in [-0.3, -0.25) is 0 Å². The van der Waals surface area contributed by atoms with Gasteiger partial charge in [0.15, 0.2) is 0 Å². The first kappa shape index (κ1) is 21.2. The van der Waals surface area contributed by atoms with Crippen LogP contribution in [0.2, 0.25) is 0 Å². The van der Waals surface area contributed by atoms with Crippen LogP contribution in [-0.2, 0) is 11.3 Å². The van der Waals surface area contributed by atoms with Gasteiger partial charge in [-0.2, -0.15) is 0 Å². The Kier molecular flexibility index (Phi) is 8.23. The molecule has 0 saturated heterocycles. The molecule has 0 unspecified atom stereocenters. The molecule has 2 amide bonds. The number of carbonyl (C=O) groups excluding carboxylic acids is 1. The van der Waals surface area contributed by atoms with Gasteiger partial charge in [0.25, 0.3) is 0 Å². The Bertz CT molecular complexity index is 765. The van der Waals surface area contributed by atoms with Crippen molar-refractivity contribution in [2.24, 2.45) is 0 Å². The zero-order chi connectivity index (χ0) is 20.4.